The highest BCUT2D eigenvalue weighted by molar-refractivity contribution is 5.43. The summed E-state index contributed by atoms with van der Waals surface area (Å²) in [5, 5.41) is 0. The highest BCUT2D eigenvalue weighted by Crippen LogP contribution is 2.41. The van der Waals surface area contributed by atoms with Crippen molar-refractivity contribution >= 4 is 0 Å². The molecule has 0 aliphatic carbocycles. The normalized spacial score (nSPS) is 19.0. The van der Waals surface area contributed by atoms with Gasteiger partial charge in [-0.25, -0.2) is 0 Å². The molecule has 0 fully saturated rings. The van der Waals surface area contributed by atoms with Crippen molar-refractivity contribution in [2.45, 2.75) is 25.6 Å². The molecule has 0 N–H and O–H groups in total. The van der Waals surface area contributed by atoms with E-state index in [0.717, 1.165) is 30.6 Å². The lowest BCUT2D eigenvalue weighted by Crippen LogP contribution is -2.36. The summed E-state index contributed by atoms with van der Waals surface area (Å²) >= 11 is 0. The minimum atomic E-state index is -4.33. The second-order valence-electron chi connectivity index (χ2n) is 5.56. The molecule has 1 aliphatic rings. The van der Waals surface area contributed by atoms with Crippen molar-refractivity contribution in [3.05, 3.63) is 70.8 Å². The molecule has 116 valence electrons. The number of hydrogen-bond acceptors (Lipinski definition) is 1. The number of nitrogens with zero attached hydrogens (tertiary/aromatic N) is 1. The average molecular weight is 305 g/mol. The van der Waals surface area contributed by atoms with E-state index < -0.39 is 11.7 Å². The van der Waals surface area contributed by atoms with E-state index >= 15 is 0 Å². The molecule has 2 aromatic rings. The molecule has 0 saturated carbocycles. The Labute approximate surface area is 128 Å². The highest BCUT2D eigenvalue weighted by Gasteiger charge is 2.38. The maximum atomic E-state index is 13.4. The minimum absolute atomic E-state index is 0.326. The van der Waals surface area contributed by atoms with Gasteiger partial charge in [0.1, 0.15) is 0 Å². The molecule has 1 heterocycles. The molecule has 22 heavy (non-hydrogen) atoms. The van der Waals surface area contributed by atoms with Crippen LogP contribution in [0.4, 0.5) is 13.2 Å². The van der Waals surface area contributed by atoms with E-state index in [-0.39, 0.29) is 6.04 Å². The van der Waals surface area contributed by atoms with Crippen LogP contribution in [0.5, 0.6) is 0 Å². The van der Waals surface area contributed by atoms with Crippen molar-refractivity contribution in [2.75, 3.05) is 13.1 Å². The van der Waals surface area contributed by atoms with E-state index in [0.29, 0.717) is 5.56 Å². The number of hydrogen-bond donors (Lipinski definition) is 0. The molecular weight excluding hydrogens is 287 g/mol. The molecule has 0 saturated heterocycles. The summed E-state index contributed by atoms with van der Waals surface area (Å²) in [5.41, 5.74) is 1.96. The third-order valence-corrected chi connectivity index (χ3v) is 4.35. The monoisotopic (exact) mass is 305 g/mol. The fraction of sp³-hybridized carbons (Fsp3) is 0.333. The first-order valence-corrected chi connectivity index (χ1v) is 7.50. The molecule has 1 unspecified atom stereocenters. The molecule has 0 amide bonds. The van der Waals surface area contributed by atoms with Crippen LogP contribution < -0.4 is 0 Å². The van der Waals surface area contributed by atoms with Gasteiger partial charge in [-0.2, -0.15) is 13.2 Å². The van der Waals surface area contributed by atoms with Gasteiger partial charge in [0, 0.05) is 6.54 Å². The first-order valence-electron chi connectivity index (χ1n) is 7.50. The molecule has 0 bridgehead atoms. The number of benzene rings is 2. The van der Waals surface area contributed by atoms with Crippen LogP contribution in [0.15, 0.2) is 48.5 Å². The number of alkyl halides is 3. The minimum Gasteiger partial charge on any atom is -0.292 e. The predicted molar refractivity (Wildman–Crippen MR) is 80.7 cm³/mol. The van der Waals surface area contributed by atoms with Crippen LogP contribution in [0.1, 0.15) is 35.2 Å². The molecule has 0 radical (unpaired) electrons. The predicted octanol–water partition coefficient (Wildman–Crippen LogP) is 4.67. The van der Waals surface area contributed by atoms with E-state index in [1.165, 1.54) is 12.1 Å². The fourth-order valence-corrected chi connectivity index (χ4v) is 3.32. The van der Waals surface area contributed by atoms with Crippen LogP contribution >= 0.6 is 0 Å². The summed E-state index contributed by atoms with van der Waals surface area (Å²) in [5.74, 6) is 0. The fourth-order valence-electron chi connectivity index (χ4n) is 3.32. The van der Waals surface area contributed by atoms with Crippen LogP contribution in [0, 0.1) is 0 Å². The van der Waals surface area contributed by atoms with Gasteiger partial charge >= 0.3 is 6.18 Å². The van der Waals surface area contributed by atoms with Crippen molar-refractivity contribution in [1.82, 2.24) is 4.90 Å². The van der Waals surface area contributed by atoms with E-state index in [2.05, 4.69) is 4.90 Å². The van der Waals surface area contributed by atoms with Gasteiger partial charge in [0.25, 0.3) is 0 Å². The van der Waals surface area contributed by atoms with Gasteiger partial charge in [0.2, 0.25) is 0 Å². The van der Waals surface area contributed by atoms with Crippen LogP contribution in [0.3, 0.4) is 0 Å². The zero-order valence-corrected chi connectivity index (χ0v) is 12.4. The largest absolute Gasteiger partial charge is 0.416 e. The number of fused-ring (bicyclic) bond motifs is 1. The maximum Gasteiger partial charge on any atom is 0.416 e. The van der Waals surface area contributed by atoms with Gasteiger partial charge < -0.3 is 0 Å². The summed E-state index contributed by atoms with van der Waals surface area (Å²) in [6, 6.07) is 13.4. The van der Waals surface area contributed by atoms with Crippen LogP contribution in [0.25, 0.3) is 0 Å². The Kier molecular flexibility index (Phi) is 3.96. The molecule has 0 spiro atoms. The zero-order valence-electron chi connectivity index (χ0n) is 12.4. The maximum absolute atomic E-state index is 13.4. The van der Waals surface area contributed by atoms with Crippen molar-refractivity contribution < 1.29 is 13.2 Å². The second kappa shape index (κ2) is 5.76. The van der Waals surface area contributed by atoms with E-state index in [4.69, 9.17) is 0 Å². The molecule has 1 atom stereocenters. The molecule has 4 heteroatoms. The van der Waals surface area contributed by atoms with Crippen molar-refractivity contribution in [2.24, 2.45) is 0 Å². The Morgan fingerprint density at radius 2 is 1.64 bits per heavy atom. The van der Waals surface area contributed by atoms with Gasteiger partial charge in [-0.15, -0.1) is 0 Å². The Balaban J connectivity index is 2.18. The quantitative estimate of drug-likeness (QED) is 0.779. The summed E-state index contributed by atoms with van der Waals surface area (Å²) in [6.45, 7) is 3.51. The van der Waals surface area contributed by atoms with Crippen LogP contribution in [-0.2, 0) is 12.6 Å². The first kappa shape index (κ1) is 15.1. The van der Waals surface area contributed by atoms with Crippen molar-refractivity contribution in [3.8, 4) is 0 Å². The lowest BCUT2D eigenvalue weighted by Gasteiger charge is -2.38. The Morgan fingerprint density at radius 3 is 2.32 bits per heavy atom. The molecule has 1 nitrogen and oxygen atoms in total. The topological polar surface area (TPSA) is 3.24 Å². The van der Waals surface area contributed by atoms with E-state index in [1.54, 1.807) is 12.1 Å². The van der Waals surface area contributed by atoms with Gasteiger partial charge in [0.05, 0.1) is 11.6 Å². The van der Waals surface area contributed by atoms with Crippen LogP contribution in [-0.4, -0.2) is 18.0 Å². The number of rotatable bonds is 2. The lowest BCUT2D eigenvalue weighted by molar-refractivity contribution is -0.138. The Hall–Kier alpha value is -1.81. The average Bonchev–Trinajstić information content (AvgIpc) is 2.53. The Morgan fingerprint density at radius 1 is 1.00 bits per heavy atom. The van der Waals surface area contributed by atoms with E-state index in [9.17, 15) is 13.2 Å². The molecule has 1 aliphatic heterocycles. The summed E-state index contributed by atoms with van der Waals surface area (Å²) in [4.78, 5) is 2.12. The standard InChI is InChI=1S/C18H18F3N/c1-2-22-12-11-13-7-3-4-8-14(13)17(22)15-9-5-6-10-16(15)18(19,20)21/h3-10,17H,2,11-12H2,1H3. The number of likely N-dealkylation sites (N-methyl/N-ethyl adjacent to an activating group) is 1. The summed E-state index contributed by atoms with van der Waals surface area (Å²) < 4.78 is 40.2. The highest BCUT2D eigenvalue weighted by atomic mass is 19.4. The number of halogens is 3. The summed E-state index contributed by atoms with van der Waals surface area (Å²) in [6.07, 6.45) is -3.45. The van der Waals surface area contributed by atoms with Gasteiger partial charge in [0.15, 0.2) is 0 Å². The van der Waals surface area contributed by atoms with Crippen LogP contribution in [0.2, 0.25) is 0 Å². The summed E-state index contributed by atoms with van der Waals surface area (Å²) in [7, 11) is 0. The SMILES string of the molecule is CCN1CCc2ccccc2C1c1ccccc1C(F)(F)F. The molecular formula is C18H18F3N. The lowest BCUT2D eigenvalue weighted by atomic mass is 9.86. The van der Waals surface area contributed by atoms with Crippen molar-refractivity contribution in [1.29, 1.82) is 0 Å². The van der Waals surface area contributed by atoms with Crippen molar-refractivity contribution in [3.63, 3.8) is 0 Å². The van der Waals surface area contributed by atoms with Gasteiger partial charge in [-0.05, 0) is 35.7 Å². The van der Waals surface area contributed by atoms with Gasteiger partial charge in [-0.1, -0.05) is 49.4 Å². The third kappa shape index (κ3) is 2.63. The second-order valence-corrected chi connectivity index (χ2v) is 5.56. The smallest absolute Gasteiger partial charge is 0.292 e. The van der Waals surface area contributed by atoms with Gasteiger partial charge in [-0.3, -0.25) is 4.90 Å². The van der Waals surface area contributed by atoms with E-state index in [1.807, 2.05) is 31.2 Å². The Bertz CT molecular complexity index is 663. The third-order valence-electron chi connectivity index (χ3n) is 4.35. The first-order chi connectivity index (χ1) is 10.5. The zero-order chi connectivity index (χ0) is 15.7. The molecule has 2 aromatic carbocycles. The molecule has 3 rings (SSSR count). The molecule has 0 aromatic heterocycles.